The number of hydrogen-bond acceptors (Lipinski definition) is 8. The van der Waals surface area contributed by atoms with Gasteiger partial charge in [-0.15, -0.1) is 0 Å². The zero-order valence-electron chi connectivity index (χ0n) is 29.1. The highest BCUT2D eigenvalue weighted by Gasteiger charge is 2.29. The summed E-state index contributed by atoms with van der Waals surface area (Å²) in [6.45, 7) is 1.66. The zero-order chi connectivity index (χ0) is 41.9. The minimum absolute atomic E-state index is 0.565. The molecule has 0 N–H and O–H groups in total. The molecule has 10 nitrogen and oxygen atoms in total. The number of nitrogens with zero attached hydrogens (tertiary/aromatic N) is 2. The largest absolute Gasteiger partial charge is 0.384 e. The van der Waals surface area contributed by atoms with Gasteiger partial charge in [0.05, 0.1) is 0 Å². The van der Waals surface area contributed by atoms with Crippen LogP contribution in [0.4, 0.5) is 0 Å². The Morgan fingerprint density at radius 1 is 0.379 bits per heavy atom. The third-order valence-electron chi connectivity index (χ3n) is 4.98. The number of carbonyl (C=O) groups excluding carboxylic acids is 6. The Bertz CT molecular complexity index is 3290. The van der Waals surface area contributed by atoms with Gasteiger partial charge in [-0.2, -0.15) is 0 Å². The van der Waals surface area contributed by atoms with Crippen molar-refractivity contribution in [3.05, 3.63) is 232 Å². The molecule has 2 heterocycles. The van der Waals surface area contributed by atoms with E-state index >= 15 is 0 Å². The molecule has 0 aliphatic carbocycles. The molecule has 58 heavy (non-hydrogen) atoms. The summed E-state index contributed by atoms with van der Waals surface area (Å²) < 4.78 is 9.71. The quantitative estimate of drug-likeness (QED) is 0.175. The third kappa shape index (κ3) is 20.0. The summed E-state index contributed by atoms with van der Waals surface area (Å²) >= 11 is 0. The smallest absolute Gasteiger partial charge is 0.352 e. The maximum atomic E-state index is 12.3. The molecular formula is C48H10N2O8. The highest BCUT2D eigenvalue weighted by Crippen LogP contribution is 2.08. The summed E-state index contributed by atoms with van der Waals surface area (Å²) in [6, 6.07) is 0. The van der Waals surface area contributed by atoms with Gasteiger partial charge in [-0.3, -0.25) is 29.0 Å². The Labute approximate surface area is 327 Å². The van der Waals surface area contributed by atoms with E-state index in [1.54, 1.807) is 0 Å². The molecule has 0 atom stereocenters. The Morgan fingerprint density at radius 3 is 0.810 bits per heavy atom. The van der Waals surface area contributed by atoms with Crippen LogP contribution in [-0.2, 0) is 38.2 Å². The van der Waals surface area contributed by atoms with E-state index in [4.69, 9.17) is 9.47 Å². The number of carbonyl (C=O) groups is 6. The van der Waals surface area contributed by atoms with Crippen LogP contribution in [0.3, 0.4) is 0 Å². The fourth-order valence-corrected chi connectivity index (χ4v) is 2.84. The highest BCUT2D eigenvalue weighted by atomic mass is 16.7. The number of esters is 2. The molecule has 10 heteroatoms. The monoisotopic (exact) mass is 742 g/mol. The van der Waals surface area contributed by atoms with Crippen LogP contribution in [0.2, 0.25) is 0 Å². The normalized spacial score (nSPS) is 9.03. The minimum atomic E-state index is -1.19. The maximum Gasteiger partial charge on any atom is 0.352 e. The van der Waals surface area contributed by atoms with Gasteiger partial charge < -0.3 is 9.47 Å². The molecule has 0 saturated carbocycles. The molecule has 0 aromatic rings. The molecular weight excluding hydrogens is 733 g/mol. The average Bonchev–Trinajstić information content (AvgIpc) is 3.69. The van der Waals surface area contributed by atoms with Crippen molar-refractivity contribution in [3.63, 3.8) is 0 Å². The number of amides is 4. The Morgan fingerprint density at radius 2 is 0.586 bits per heavy atom. The Hall–Kier alpha value is -11.0. The molecule has 0 saturated heterocycles. The second-order valence-corrected chi connectivity index (χ2v) is 8.73. The minimum Gasteiger partial charge on any atom is -0.384 e. The first kappa shape index (κ1) is 43.1. The van der Waals surface area contributed by atoms with E-state index in [2.05, 4.69) is 201 Å². The van der Waals surface area contributed by atoms with Crippen molar-refractivity contribution in [1.29, 1.82) is 0 Å². The predicted molar refractivity (Wildman–Crippen MR) is 192 cm³/mol. The first-order valence-electron chi connectivity index (χ1n) is 15.0. The molecule has 2 aliphatic rings. The number of rotatable bonds is 6. The fourth-order valence-electron chi connectivity index (χ4n) is 2.84. The van der Waals surface area contributed by atoms with Crippen LogP contribution in [0, 0.1) is 0 Å². The van der Waals surface area contributed by atoms with Gasteiger partial charge in [0.25, 0.3) is 23.6 Å². The second kappa shape index (κ2) is 27.7. The van der Waals surface area contributed by atoms with E-state index in [0.717, 1.165) is 24.3 Å². The van der Waals surface area contributed by atoms with Crippen LogP contribution in [0.25, 0.3) is 0 Å². The molecule has 4 amide bonds. The van der Waals surface area contributed by atoms with Crippen LogP contribution in [0.15, 0.2) is 232 Å². The van der Waals surface area contributed by atoms with Gasteiger partial charge in [0.1, 0.15) is 13.1 Å². The zero-order valence-corrected chi connectivity index (χ0v) is 29.1. The van der Waals surface area contributed by atoms with E-state index in [9.17, 15) is 28.8 Å². The molecule has 0 unspecified atom stereocenters. The average molecular weight is 743 g/mol. The van der Waals surface area contributed by atoms with E-state index < -0.39 is 54.6 Å². The molecule has 0 fully saturated rings. The summed E-state index contributed by atoms with van der Waals surface area (Å²) in [6.07, 6.45) is 3.80. The lowest BCUT2D eigenvalue weighted by Gasteiger charge is -2.14. The number of imide groups is 2. The molecule has 0 bridgehead atoms. The summed E-state index contributed by atoms with van der Waals surface area (Å²) in [5, 5.41) is 0. The van der Waals surface area contributed by atoms with Crippen LogP contribution in [0.5, 0.6) is 0 Å². The van der Waals surface area contributed by atoms with Gasteiger partial charge in [0.15, 0.2) is 0 Å². The molecule has 0 aromatic carbocycles. The van der Waals surface area contributed by atoms with Crippen molar-refractivity contribution in [2.45, 2.75) is 0 Å². The van der Waals surface area contributed by atoms with Gasteiger partial charge >= 0.3 is 17.9 Å². The first-order chi connectivity index (χ1) is 28.3. The lowest BCUT2D eigenvalue weighted by atomic mass is 10.5. The van der Waals surface area contributed by atoms with Gasteiger partial charge in [-0.25, -0.2) is 9.59 Å². The summed E-state index contributed by atoms with van der Waals surface area (Å²) in [5.41, 5.74) is 82.4. The van der Waals surface area contributed by atoms with E-state index in [1.807, 2.05) is 0 Å². The first-order valence-corrected chi connectivity index (χ1v) is 15.0. The van der Waals surface area contributed by atoms with Crippen LogP contribution in [0.1, 0.15) is 0 Å². The van der Waals surface area contributed by atoms with Crippen molar-refractivity contribution in [2.75, 3.05) is 13.1 Å². The van der Waals surface area contributed by atoms with E-state index in [-0.39, 0.29) is 0 Å². The summed E-state index contributed by atoms with van der Waals surface area (Å²) in [7, 11) is 0. The van der Waals surface area contributed by atoms with Gasteiger partial charge in [0, 0.05) is 122 Å². The summed E-state index contributed by atoms with van der Waals surface area (Å²) in [5.74, 6) is -6.34. The number of hydrogen-bond donors (Lipinski definition) is 0. The molecule has 0 spiro atoms. The van der Waals surface area contributed by atoms with Crippen molar-refractivity contribution in [3.8, 4) is 0 Å². The Kier molecular flexibility index (Phi) is 20.6. The molecule has 2 aliphatic heterocycles. The van der Waals surface area contributed by atoms with Crippen molar-refractivity contribution in [2.24, 2.45) is 0 Å². The van der Waals surface area contributed by atoms with Crippen LogP contribution < -0.4 is 0 Å². The van der Waals surface area contributed by atoms with Crippen LogP contribution in [-0.4, -0.2) is 58.5 Å². The molecule has 260 valence electrons. The standard InChI is InChI=1S/C48H10N2O8/c1-2-3-4-5-6-7-8-9-10-11-12-13-14-15-16-17-18-19-20-21-22-23-24-25-26-27-28-29-30-31-32-33-34-35-48(57-46(55)40-49-42(51)36-37-43(49)52)58-47(56)41-50-44(53)38-39-45(50)54/h36-39H,1,40-41H2. The van der Waals surface area contributed by atoms with Gasteiger partial charge in [-0.1, -0.05) is 5.73 Å². The molecule has 0 radical (unpaired) electrons. The van der Waals surface area contributed by atoms with E-state index in [1.165, 1.54) is 0 Å². The highest BCUT2D eigenvalue weighted by molar-refractivity contribution is 6.14. The van der Waals surface area contributed by atoms with Crippen LogP contribution >= 0.6 is 0 Å². The van der Waals surface area contributed by atoms with E-state index in [0.29, 0.717) is 9.80 Å². The lowest BCUT2D eigenvalue weighted by Crippen LogP contribution is -2.37. The number of ether oxygens (including phenoxy) is 2. The van der Waals surface area contributed by atoms with Crippen molar-refractivity contribution >= 4 is 35.6 Å². The predicted octanol–water partition coefficient (Wildman–Crippen LogP) is 3.67. The Balaban J connectivity index is 2.31. The van der Waals surface area contributed by atoms with Crippen molar-refractivity contribution < 1.29 is 38.2 Å². The molecule has 0 aromatic heterocycles. The maximum absolute atomic E-state index is 12.3. The van der Waals surface area contributed by atoms with Gasteiger partial charge in [-0.05, 0) is 98.3 Å². The topological polar surface area (TPSA) is 127 Å². The second-order valence-electron chi connectivity index (χ2n) is 8.73. The lowest BCUT2D eigenvalue weighted by molar-refractivity contribution is -0.160. The molecule has 2 rings (SSSR count). The van der Waals surface area contributed by atoms with Crippen molar-refractivity contribution in [1.82, 2.24) is 9.80 Å². The summed E-state index contributed by atoms with van der Waals surface area (Å²) in [4.78, 5) is 72.5. The fraction of sp³-hybridized carbons (Fsp3) is 0.0417. The SMILES string of the molecule is C=C=C=C=C=C=C=C=C=C=C=C=C=C=C=C=C=C=C=C=C=C=C=C=C=C=C=C=C=C=C=C=C=C=C=C(OC(=O)CN1C(=O)C=CC1=O)OC(=O)CN1C(=O)C=CC1=O. The third-order valence-corrected chi connectivity index (χ3v) is 4.98. The van der Waals surface area contributed by atoms with Gasteiger partial charge in [0.2, 0.25) is 0 Å².